The second-order valence-electron chi connectivity index (χ2n) is 4.12. The highest BCUT2D eigenvalue weighted by Crippen LogP contribution is 2.24. The Morgan fingerprint density at radius 1 is 1.15 bits per heavy atom. The van der Waals surface area contributed by atoms with E-state index in [1.54, 1.807) is 12.1 Å². The molecule has 0 radical (unpaired) electrons. The molecular weight excluding hydrogens is 390 g/mol. The summed E-state index contributed by atoms with van der Waals surface area (Å²) in [6, 6.07) is 4.80. The molecule has 20 heavy (non-hydrogen) atoms. The third kappa shape index (κ3) is 3.29. The van der Waals surface area contributed by atoms with E-state index < -0.39 is 24.6 Å². The Bertz CT molecular complexity index is 559. The van der Waals surface area contributed by atoms with Gasteiger partial charge in [0.05, 0.1) is 24.3 Å². The van der Waals surface area contributed by atoms with Gasteiger partial charge in [-0.05, 0) is 40.8 Å². The molecule has 1 aliphatic heterocycles. The Morgan fingerprint density at radius 3 is 2.45 bits per heavy atom. The number of hydrogen-bond donors (Lipinski definition) is 0. The van der Waals surface area contributed by atoms with Gasteiger partial charge in [-0.2, -0.15) is 13.2 Å². The fourth-order valence-corrected chi connectivity index (χ4v) is 2.30. The van der Waals surface area contributed by atoms with E-state index in [9.17, 15) is 22.8 Å². The Labute approximate surface area is 126 Å². The highest BCUT2D eigenvalue weighted by molar-refractivity contribution is 14.1. The van der Waals surface area contributed by atoms with Crippen LogP contribution in [0.5, 0.6) is 0 Å². The van der Waals surface area contributed by atoms with Crippen molar-refractivity contribution in [1.82, 2.24) is 4.90 Å². The van der Waals surface area contributed by atoms with Gasteiger partial charge in [0.25, 0.3) is 11.8 Å². The first kappa shape index (κ1) is 15.2. The van der Waals surface area contributed by atoms with Gasteiger partial charge in [-0.3, -0.25) is 14.5 Å². The number of carbonyl (C=O) groups excluding carboxylic acids is 2. The van der Waals surface area contributed by atoms with E-state index in [1.165, 1.54) is 6.07 Å². The lowest BCUT2D eigenvalue weighted by Crippen LogP contribution is -2.33. The lowest BCUT2D eigenvalue weighted by atomic mass is 10.1. The van der Waals surface area contributed by atoms with E-state index in [0.717, 1.165) is 8.47 Å². The first-order chi connectivity index (χ1) is 9.29. The van der Waals surface area contributed by atoms with Gasteiger partial charge < -0.3 is 4.74 Å². The quantitative estimate of drug-likeness (QED) is 0.444. The molecule has 0 fully saturated rings. The number of halogens is 4. The zero-order chi connectivity index (χ0) is 14.9. The minimum atomic E-state index is -4.42. The van der Waals surface area contributed by atoms with Crippen molar-refractivity contribution in [3.63, 3.8) is 0 Å². The molecule has 2 amide bonds. The number of ether oxygens (including phenoxy) is 1. The molecular formula is C12H9F3INO3. The van der Waals surface area contributed by atoms with Crippen LogP contribution in [0.2, 0.25) is 0 Å². The largest absolute Gasteiger partial charge is 0.411 e. The van der Waals surface area contributed by atoms with Crippen molar-refractivity contribution in [1.29, 1.82) is 0 Å². The zero-order valence-corrected chi connectivity index (χ0v) is 12.2. The predicted octanol–water partition coefficient (Wildman–Crippen LogP) is 2.47. The summed E-state index contributed by atoms with van der Waals surface area (Å²) in [7, 11) is 0. The Balaban J connectivity index is 1.99. The van der Waals surface area contributed by atoms with Crippen molar-refractivity contribution < 1.29 is 27.5 Å². The summed E-state index contributed by atoms with van der Waals surface area (Å²) in [5.74, 6) is -1.00. The summed E-state index contributed by atoms with van der Waals surface area (Å²) in [6.45, 7) is -1.94. The predicted molar refractivity (Wildman–Crippen MR) is 71.4 cm³/mol. The molecule has 1 heterocycles. The van der Waals surface area contributed by atoms with E-state index in [-0.39, 0.29) is 24.3 Å². The van der Waals surface area contributed by atoms with Crippen LogP contribution in [0.4, 0.5) is 13.2 Å². The van der Waals surface area contributed by atoms with Gasteiger partial charge in [-0.1, -0.05) is 0 Å². The van der Waals surface area contributed by atoms with Crippen LogP contribution in [-0.4, -0.2) is 42.6 Å². The third-order valence-electron chi connectivity index (χ3n) is 2.66. The van der Waals surface area contributed by atoms with Gasteiger partial charge in [-0.15, -0.1) is 0 Å². The topological polar surface area (TPSA) is 46.6 Å². The molecule has 4 nitrogen and oxygen atoms in total. The number of nitrogens with zero attached hydrogens (tertiary/aromatic N) is 1. The van der Waals surface area contributed by atoms with Gasteiger partial charge in [0.1, 0.15) is 6.61 Å². The fraction of sp³-hybridized carbons (Fsp3) is 0.333. The van der Waals surface area contributed by atoms with Crippen LogP contribution in [0.1, 0.15) is 20.7 Å². The number of carbonyl (C=O) groups is 2. The molecule has 1 aromatic carbocycles. The van der Waals surface area contributed by atoms with E-state index >= 15 is 0 Å². The molecule has 1 aliphatic rings. The van der Waals surface area contributed by atoms with Crippen molar-refractivity contribution in [3.05, 3.63) is 32.9 Å². The molecule has 0 aliphatic carbocycles. The van der Waals surface area contributed by atoms with E-state index in [1.807, 2.05) is 22.6 Å². The minimum Gasteiger partial charge on any atom is -0.370 e. The summed E-state index contributed by atoms with van der Waals surface area (Å²) in [4.78, 5) is 24.8. The summed E-state index contributed by atoms with van der Waals surface area (Å²) < 4.78 is 40.9. The number of imide groups is 1. The molecule has 1 aromatic rings. The summed E-state index contributed by atoms with van der Waals surface area (Å²) in [5, 5.41) is 0. The lowest BCUT2D eigenvalue weighted by Gasteiger charge is -2.14. The molecule has 0 saturated heterocycles. The van der Waals surface area contributed by atoms with Crippen molar-refractivity contribution >= 4 is 34.4 Å². The smallest absolute Gasteiger partial charge is 0.370 e. The summed E-state index contributed by atoms with van der Waals surface area (Å²) in [6.07, 6.45) is -4.42. The van der Waals surface area contributed by atoms with Crippen LogP contribution >= 0.6 is 22.6 Å². The standard InChI is InChI=1S/C12H9F3INO3/c13-12(14,15)6-20-4-3-17-10(18)8-2-1-7(16)5-9(8)11(17)19/h1-2,5H,3-4,6H2. The average Bonchev–Trinajstić information content (AvgIpc) is 2.57. The van der Waals surface area contributed by atoms with E-state index in [0.29, 0.717) is 0 Å². The number of rotatable bonds is 4. The van der Waals surface area contributed by atoms with Gasteiger partial charge in [0, 0.05) is 3.57 Å². The van der Waals surface area contributed by atoms with Crippen molar-refractivity contribution in [3.8, 4) is 0 Å². The number of alkyl halides is 3. The Morgan fingerprint density at radius 2 is 1.80 bits per heavy atom. The third-order valence-corrected chi connectivity index (χ3v) is 3.33. The fourth-order valence-electron chi connectivity index (χ4n) is 1.81. The van der Waals surface area contributed by atoms with Gasteiger partial charge in [0.2, 0.25) is 0 Å². The van der Waals surface area contributed by atoms with E-state index in [4.69, 9.17) is 0 Å². The maximum atomic E-state index is 12.0. The molecule has 2 rings (SSSR count). The van der Waals surface area contributed by atoms with E-state index in [2.05, 4.69) is 4.74 Å². The Kier molecular flexibility index (Phi) is 4.33. The van der Waals surface area contributed by atoms with Crippen molar-refractivity contribution in [2.45, 2.75) is 6.18 Å². The maximum absolute atomic E-state index is 12.0. The molecule has 0 atom stereocenters. The van der Waals surface area contributed by atoms with Crippen LogP contribution in [0.25, 0.3) is 0 Å². The number of hydrogen-bond acceptors (Lipinski definition) is 3. The molecule has 0 spiro atoms. The second kappa shape index (κ2) is 5.68. The minimum absolute atomic E-state index is 0.195. The normalized spacial score (nSPS) is 14.9. The number of benzene rings is 1. The van der Waals surface area contributed by atoms with Gasteiger partial charge in [-0.25, -0.2) is 0 Å². The van der Waals surface area contributed by atoms with Crippen molar-refractivity contribution in [2.75, 3.05) is 19.8 Å². The maximum Gasteiger partial charge on any atom is 0.411 e. The number of amides is 2. The molecule has 0 bridgehead atoms. The Hall–Kier alpha value is -1.16. The highest BCUT2D eigenvalue weighted by atomic mass is 127. The average molecular weight is 399 g/mol. The molecule has 108 valence electrons. The van der Waals surface area contributed by atoms with Gasteiger partial charge >= 0.3 is 6.18 Å². The van der Waals surface area contributed by atoms with Crippen LogP contribution in [0.15, 0.2) is 18.2 Å². The van der Waals surface area contributed by atoms with Crippen molar-refractivity contribution in [2.24, 2.45) is 0 Å². The van der Waals surface area contributed by atoms with Crippen LogP contribution in [0.3, 0.4) is 0 Å². The van der Waals surface area contributed by atoms with Crippen LogP contribution < -0.4 is 0 Å². The van der Waals surface area contributed by atoms with Crippen LogP contribution in [0, 0.1) is 3.57 Å². The summed E-state index contributed by atoms with van der Waals surface area (Å²) in [5.41, 5.74) is 0.545. The zero-order valence-electron chi connectivity index (χ0n) is 10.0. The molecule has 0 N–H and O–H groups in total. The summed E-state index contributed by atoms with van der Waals surface area (Å²) >= 11 is 2.01. The van der Waals surface area contributed by atoms with Gasteiger partial charge in [0.15, 0.2) is 0 Å². The molecule has 0 unspecified atom stereocenters. The molecule has 0 saturated carbocycles. The lowest BCUT2D eigenvalue weighted by molar-refractivity contribution is -0.173. The molecule has 8 heteroatoms. The first-order valence-electron chi connectivity index (χ1n) is 5.60. The SMILES string of the molecule is O=C1c2ccc(I)cc2C(=O)N1CCOCC(F)(F)F. The second-order valence-corrected chi connectivity index (χ2v) is 5.37. The monoisotopic (exact) mass is 399 g/mol. The highest BCUT2D eigenvalue weighted by Gasteiger charge is 2.35. The molecule has 0 aromatic heterocycles. The number of fused-ring (bicyclic) bond motifs is 1. The first-order valence-corrected chi connectivity index (χ1v) is 6.68. The van der Waals surface area contributed by atoms with Crippen LogP contribution in [-0.2, 0) is 4.74 Å².